The molecular weight excluding hydrogens is 352 g/mol. The molecule has 0 aromatic heterocycles. The molecule has 0 spiro atoms. The molecule has 1 rings (SSSR count). The van der Waals surface area contributed by atoms with Crippen LogP contribution in [0.3, 0.4) is 0 Å². The Balaban J connectivity index is -0.000000109. The average molecular weight is 372 g/mol. The molecule has 6 heteroatoms. The van der Waals surface area contributed by atoms with E-state index in [0.717, 1.165) is 19.6 Å². The molecule has 2 radical (unpaired) electrons. The summed E-state index contributed by atoms with van der Waals surface area (Å²) in [7, 11) is 0. The van der Waals surface area contributed by atoms with Gasteiger partial charge in [-0.1, -0.05) is 13.8 Å². The number of rotatable bonds is 1. The van der Waals surface area contributed by atoms with Crippen molar-refractivity contribution in [2.24, 2.45) is 0 Å². The Morgan fingerprint density at radius 3 is 1.94 bits per heavy atom. The summed E-state index contributed by atoms with van der Waals surface area (Å²) in [6, 6.07) is 0.662. The Labute approximate surface area is 143 Å². The molecule has 0 aromatic carbocycles. The molecule has 0 amide bonds. The maximum atomic E-state index is 4.44. The molecule has 1 heterocycles. The monoisotopic (exact) mass is 372 g/mol. The molecule has 1 aliphatic rings. The van der Waals surface area contributed by atoms with E-state index in [1.807, 2.05) is 30.8 Å². The molecule has 2 nitrogen and oxygen atoms in total. The maximum Gasteiger partial charge on any atom is 0 e. The van der Waals surface area contributed by atoms with Gasteiger partial charge in [-0.3, -0.25) is 0 Å². The Morgan fingerprint density at radius 2 is 1.69 bits per heavy atom. The maximum absolute atomic E-state index is 4.44. The van der Waals surface area contributed by atoms with E-state index >= 15 is 0 Å². The number of hydrogen-bond acceptors (Lipinski definition) is 1. The van der Waals surface area contributed by atoms with E-state index in [1.165, 1.54) is 4.35 Å². The smallest absolute Gasteiger partial charge is 0 e. The number of piperazine rings is 1. The minimum atomic E-state index is 0. The van der Waals surface area contributed by atoms with Crippen LogP contribution in [0.25, 0.3) is 5.32 Å². The van der Waals surface area contributed by atoms with Crippen LogP contribution in [0.1, 0.15) is 27.7 Å². The van der Waals surface area contributed by atoms with Crippen LogP contribution in [-0.4, -0.2) is 40.2 Å². The van der Waals surface area contributed by atoms with Gasteiger partial charge in [-0.05, 0) is 0 Å². The van der Waals surface area contributed by atoms with Crippen LogP contribution in [-0.2, 0) is 71.1 Å². The van der Waals surface area contributed by atoms with E-state index < -0.39 is 0 Å². The summed E-state index contributed by atoms with van der Waals surface area (Å²) in [4.78, 5) is 2.43. The first-order valence-corrected chi connectivity index (χ1v) is 6.43. The molecular formula is C10H20N2V4-2. The molecule has 0 bridgehead atoms. The van der Waals surface area contributed by atoms with Gasteiger partial charge in [0.25, 0.3) is 0 Å². The van der Waals surface area contributed by atoms with Crippen molar-refractivity contribution in [2.45, 2.75) is 33.7 Å². The summed E-state index contributed by atoms with van der Waals surface area (Å²) in [5.74, 6) is 0. The second-order valence-corrected chi connectivity index (χ2v) is 3.67. The van der Waals surface area contributed by atoms with Crippen molar-refractivity contribution in [3.63, 3.8) is 0 Å². The third kappa shape index (κ3) is 14.1. The summed E-state index contributed by atoms with van der Waals surface area (Å²) in [5, 5.41) is 8.75. The van der Waals surface area contributed by atoms with Crippen LogP contribution in [0.2, 0.25) is 0 Å². The Kier molecular flexibility index (Phi) is 32.1. The van der Waals surface area contributed by atoms with E-state index in [1.54, 1.807) is 0 Å². The molecule has 0 aromatic rings. The van der Waals surface area contributed by atoms with Crippen molar-refractivity contribution in [2.75, 3.05) is 19.6 Å². The molecule has 1 fully saturated rings. The van der Waals surface area contributed by atoms with Crippen LogP contribution in [0.4, 0.5) is 0 Å². The Hall–Kier alpha value is 2.00. The van der Waals surface area contributed by atoms with Crippen LogP contribution < -0.4 is 0 Å². The van der Waals surface area contributed by atoms with E-state index in [9.17, 15) is 0 Å². The predicted molar refractivity (Wildman–Crippen MR) is 57.4 cm³/mol. The van der Waals surface area contributed by atoms with Gasteiger partial charge < -0.3 is 0 Å². The van der Waals surface area contributed by atoms with Gasteiger partial charge >= 0.3 is 93.3 Å². The fourth-order valence-corrected chi connectivity index (χ4v) is 1.50. The molecule has 1 aliphatic heterocycles. The molecule has 0 aliphatic carbocycles. The van der Waals surface area contributed by atoms with Gasteiger partial charge in [0.15, 0.2) is 0 Å². The van der Waals surface area contributed by atoms with Crippen molar-refractivity contribution in [3.05, 3.63) is 5.32 Å². The largest absolute Gasteiger partial charge is 0 e. The van der Waals surface area contributed by atoms with Gasteiger partial charge in [-0.2, -0.15) is 0 Å². The fraction of sp³-hybridized carbons (Fsp3) is 0.800. The molecule has 0 saturated carbocycles. The quantitative estimate of drug-likeness (QED) is 0.640. The molecule has 92 valence electrons. The van der Waals surface area contributed by atoms with E-state index in [4.69, 9.17) is 0 Å². The van der Waals surface area contributed by atoms with Gasteiger partial charge in [0.1, 0.15) is 0 Å². The van der Waals surface area contributed by atoms with Gasteiger partial charge in [0, 0.05) is 37.1 Å². The summed E-state index contributed by atoms with van der Waals surface area (Å²) < 4.78 is 1.22. The third-order valence-electron chi connectivity index (χ3n) is 1.76. The molecule has 0 N–H and O–H groups in total. The van der Waals surface area contributed by atoms with Gasteiger partial charge in [-0.15, -0.1) is 0 Å². The van der Waals surface area contributed by atoms with Crippen molar-refractivity contribution < 1.29 is 71.1 Å². The Morgan fingerprint density at radius 1 is 1.25 bits per heavy atom. The minimum absolute atomic E-state index is 0. The first-order chi connectivity index (χ1) is 6.70. The first kappa shape index (κ1) is 26.5. The van der Waals surface area contributed by atoms with Crippen LogP contribution in [0.15, 0.2) is 0 Å². The van der Waals surface area contributed by atoms with E-state index in [0.29, 0.717) is 6.04 Å². The van der Waals surface area contributed by atoms with Crippen molar-refractivity contribution >= 4 is 9.58 Å². The molecule has 0 unspecified atom stereocenters. The zero-order chi connectivity index (χ0) is 11.6. The zero-order valence-corrected chi connectivity index (χ0v) is 16.0. The van der Waals surface area contributed by atoms with Gasteiger partial charge in [0.2, 0.25) is 0 Å². The van der Waals surface area contributed by atoms with Crippen LogP contribution in [0, 0.1) is 0 Å². The summed E-state index contributed by atoms with van der Waals surface area (Å²) >= 11 is 4.35. The normalized spacial score (nSPS) is 14.3. The zero-order valence-electron chi connectivity index (χ0n) is 10.5. The predicted octanol–water partition coefficient (Wildman–Crippen LogP) is 1.62. The fourth-order valence-electron chi connectivity index (χ4n) is 1.06. The first-order valence-electron chi connectivity index (χ1n) is 4.92. The summed E-state index contributed by atoms with van der Waals surface area (Å²) in [6.07, 6.45) is 0. The number of hydrogen-bond donors (Lipinski definition) is 0. The average Bonchev–Trinajstić information content (AvgIpc) is 2.24. The van der Waals surface area contributed by atoms with Gasteiger partial charge in [-0.25, -0.2) is 0 Å². The second kappa shape index (κ2) is 19.3. The van der Waals surface area contributed by atoms with Crippen LogP contribution in [0.5, 0.6) is 0 Å². The van der Waals surface area contributed by atoms with Crippen molar-refractivity contribution in [1.29, 1.82) is 0 Å². The van der Waals surface area contributed by atoms with E-state index in [-0.39, 0.29) is 37.1 Å². The van der Waals surface area contributed by atoms with Crippen molar-refractivity contribution in [1.82, 2.24) is 4.90 Å². The second-order valence-electron chi connectivity index (χ2n) is 2.86. The third-order valence-corrected chi connectivity index (χ3v) is 2.20. The topological polar surface area (TPSA) is 17.3 Å². The minimum Gasteiger partial charge on any atom is 0 e. The van der Waals surface area contributed by atoms with Gasteiger partial charge in [0.05, 0.1) is 0 Å². The number of nitrogens with zero attached hydrogens (tertiary/aromatic N) is 2. The Bertz CT molecular complexity index is 154. The molecule has 0 atom stereocenters. The van der Waals surface area contributed by atoms with Crippen LogP contribution >= 0.6 is 0 Å². The molecule has 1 saturated heterocycles. The van der Waals surface area contributed by atoms with Crippen molar-refractivity contribution in [3.8, 4) is 0 Å². The molecule has 16 heavy (non-hydrogen) atoms. The summed E-state index contributed by atoms with van der Waals surface area (Å²) in [6.45, 7) is 11.6. The summed E-state index contributed by atoms with van der Waals surface area (Å²) in [5.41, 5.74) is 0. The standard InChI is InChI=1S/C7H13N2.C2H6.CH.4V/c1-7(2)9-5-3-8-4-6-9;1-2;;;;;/h7H,3,5-6H2,1-2H3;1-2H3;1H;;;;/q-1;;-1;;;;. The van der Waals surface area contributed by atoms with E-state index in [2.05, 4.69) is 46.3 Å². The SMILES string of the molecule is CC.CC(C)N1CC[N-][C](=[V])C1.[CH-]=[V].[V].[V].